The summed E-state index contributed by atoms with van der Waals surface area (Å²) in [5, 5.41) is 13.0. The number of hydrogen-bond donors (Lipinski definition) is 3. The minimum absolute atomic E-state index is 0. The Balaban J connectivity index is 0.00000361. The lowest BCUT2D eigenvalue weighted by Gasteiger charge is -2.10. The number of nitrogens with zero attached hydrogens (tertiary/aromatic N) is 1. The zero-order valence-corrected chi connectivity index (χ0v) is 11.3. The van der Waals surface area contributed by atoms with Crippen molar-refractivity contribution in [3.05, 3.63) is 39.9 Å². The van der Waals surface area contributed by atoms with Gasteiger partial charge < -0.3 is 16.8 Å². The van der Waals surface area contributed by atoms with Crippen LogP contribution in [-0.4, -0.2) is 22.8 Å². The predicted molar refractivity (Wildman–Crippen MR) is 74.0 cm³/mol. The summed E-state index contributed by atoms with van der Waals surface area (Å²) in [4.78, 5) is 32.0. The van der Waals surface area contributed by atoms with Crippen molar-refractivity contribution in [3.63, 3.8) is 0 Å². The van der Waals surface area contributed by atoms with Crippen molar-refractivity contribution >= 4 is 29.9 Å². The molecule has 0 saturated carbocycles. The molecule has 1 unspecified atom stereocenters. The lowest BCUT2D eigenvalue weighted by Crippen LogP contribution is -2.42. The van der Waals surface area contributed by atoms with Crippen molar-refractivity contribution in [1.29, 1.82) is 0 Å². The van der Waals surface area contributed by atoms with Crippen LogP contribution in [0, 0.1) is 10.1 Å². The lowest BCUT2D eigenvalue weighted by atomic mass is 10.1. The van der Waals surface area contributed by atoms with Gasteiger partial charge in [0.05, 0.1) is 17.4 Å². The van der Waals surface area contributed by atoms with Gasteiger partial charge in [0, 0.05) is 18.7 Å². The van der Waals surface area contributed by atoms with Crippen molar-refractivity contribution < 1.29 is 14.5 Å². The van der Waals surface area contributed by atoms with Gasteiger partial charge in [-0.15, -0.1) is 12.4 Å². The van der Waals surface area contributed by atoms with Gasteiger partial charge in [-0.1, -0.05) is 12.1 Å². The summed E-state index contributed by atoms with van der Waals surface area (Å²) >= 11 is 0. The van der Waals surface area contributed by atoms with E-state index in [9.17, 15) is 19.7 Å². The van der Waals surface area contributed by atoms with Gasteiger partial charge in [-0.05, 0) is 5.56 Å². The van der Waals surface area contributed by atoms with Crippen molar-refractivity contribution in [2.24, 2.45) is 11.5 Å². The zero-order chi connectivity index (χ0) is 14.4. The van der Waals surface area contributed by atoms with Crippen LogP contribution in [0.1, 0.15) is 12.0 Å². The maximum atomic E-state index is 11.5. The van der Waals surface area contributed by atoms with E-state index in [4.69, 9.17) is 11.5 Å². The Morgan fingerprint density at radius 1 is 1.30 bits per heavy atom. The molecule has 9 heteroatoms. The maximum Gasteiger partial charge on any atom is 0.269 e. The first-order chi connectivity index (χ1) is 8.90. The summed E-state index contributed by atoms with van der Waals surface area (Å²) in [5.41, 5.74) is 11.0. The first kappa shape index (κ1) is 17.8. The second kappa shape index (κ2) is 8.08. The highest BCUT2D eigenvalue weighted by Gasteiger charge is 2.15. The third-order valence-electron chi connectivity index (χ3n) is 2.37. The van der Waals surface area contributed by atoms with Gasteiger partial charge in [0.25, 0.3) is 5.69 Å². The summed E-state index contributed by atoms with van der Waals surface area (Å²) in [5.74, 6) is -1.16. The summed E-state index contributed by atoms with van der Waals surface area (Å²) in [6.45, 7) is 0.170. The number of non-ortho nitro benzene ring substituents is 1. The van der Waals surface area contributed by atoms with E-state index < -0.39 is 22.8 Å². The van der Waals surface area contributed by atoms with E-state index in [0.29, 0.717) is 5.56 Å². The fourth-order valence-electron chi connectivity index (χ4n) is 1.37. The lowest BCUT2D eigenvalue weighted by molar-refractivity contribution is -0.384. The van der Waals surface area contributed by atoms with E-state index in [1.54, 1.807) is 0 Å². The van der Waals surface area contributed by atoms with Gasteiger partial charge in [0.15, 0.2) is 0 Å². The summed E-state index contributed by atoms with van der Waals surface area (Å²) < 4.78 is 0. The molecule has 0 spiro atoms. The average molecular weight is 303 g/mol. The van der Waals surface area contributed by atoms with Crippen LogP contribution in [-0.2, 0) is 16.1 Å². The largest absolute Gasteiger partial charge is 0.370 e. The Morgan fingerprint density at radius 3 is 2.30 bits per heavy atom. The highest BCUT2D eigenvalue weighted by molar-refractivity contribution is 5.87. The molecule has 1 atom stereocenters. The highest BCUT2D eigenvalue weighted by Crippen LogP contribution is 2.11. The monoisotopic (exact) mass is 302 g/mol. The van der Waals surface area contributed by atoms with Gasteiger partial charge in [0.1, 0.15) is 0 Å². The van der Waals surface area contributed by atoms with E-state index in [1.165, 1.54) is 24.3 Å². The third-order valence-corrected chi connectivity index (χ3v) is 2.37. The molecule has 1 rings (SSSR count). The number of primary amides is 1. The molecule has 1 aromatic carbocycles. The Labute approximate surface area is 121 Å². The number of rotatable bonds is 6. The van der Waals surface area contributed by atoms with Crippen molar-refractivity contribution in [1.82, 2.24) is 5.32 Å². The summed E-state index contributed by atoms with van der Waals surface area (Å²) in [7, 11) is 0. The standard InChI is InChI=1S/C11H14N4O4.ClH/c12-9(5-10(13)16)11(17)14-6-7-1-3-8(4-2-7)15(18)19;/h1-4,9H,5-6,12H2,(H2,13,16)(H,14,17);1H. The topological polar surface area (TPSA) is 141 Å². The molecule has 5 N–H and O–H groups in total. The fourth-order valence-corrected chi connectivity index (χ4v) is 1.37. The van der Waals surface area contributed by atoms with Gasteiger partial charge >= 0.3 is 0 Å². The molecule has 0 fully saturated rings. The molecule has 0 saturated heterocycles. The molecule has 0 aliphatic heterocycles. The molecule has 0 aromatic heterocycles. The van der Waals surface area contributed by atoms with E-state index in [1.807, 2.05) is 0 Å². The third kappa shape index (κ3) is 5.63. The molecular weight excluding hydrogens is 288 g/mol. The van der Waals surface area contributed by atoms with Crippen LogP contribution in [0.4, 0.5) is 5.69 Å². The molecule has 110 valence electrons. The molecule has 20 heavy (non-hydrogen) atoms. The molecular formula is C11H15ClN4O4. The van der Waals surface area contributed by atoms with Gasteiger partial charge in [0.2, 0.25) is 11.8 Å². The Bertz CT molecular complexity index is 492. The molecule has 2 amide bonds. The quantitative estimate of drug-likeness (QED) is 0.494. The minimum atomic E-state index is -0.990. The van der Waals surface area contributed by atoms with Crippen LogP contribution in [0.15, 0.2) is 24.3 Å². The minimum Gasteiger partial charge on any atom is -0.370 e. The number of benzene rings is 1. The number of halogens is 1. The Morgan fingerprint density at radius 2 is 1.85 bits per heavy atom. The molecule has 0 aliphatic carbocycles. The van der Waals surface area contributed by atoms with E-state index in [-0.39, 0.29) is 31.1 Å². The normalized spacial score (nSPS) is 11.1. The Kier molecular flexibility index (Phi) is 7.19. The van der Waals surface area contributed by atoms with E-state index in [2.05, 4.69) is 5.32 Å². The second-order valence-corrected chi connectivity index (χ2v) is 3.92. The smallest absolute Gasteiger partial charge is 0.269 e. The molecule has 0 aliphatic rings. The number of carbonyl (C=O) groups excluding carboxylic acids is 2. The van der Waals surface area contributed by atoms with Crippen molar-refractivity contribution in [2.75, 3.05) is 0 Å². The molecule has 8 nitrogen and oxygen atoms in total. The number of carbonyl (C=O) groups is 2. The van der Waals surface area contributed by atoms with Crippen LogP contribution in [0.25, 0.3) is 0 Å². The van der Waals surface area contributed by atoms with Crippen LogP contribution in [0.2, 0.25) is 0 Å². The highest BCUT2D eigenvalue weighted by atomic mass is 35.5. The number of amides is 2. The van der Waals surface area contributed by atoms with Crippen LogP contribution >= 0.6 is 12.4 Å². The van der Waals surface area contributed by atoms with Crippen LogP contribution in [0.3, 0.4) is 0 Å². The summed E-state index contributed by atoms with van der Waals surface area (Å²) in [6, 6.07) is 4.74. The number of nitro groups is 1. The van der Waals surface area contributed by atoms with Gasteiger partial charge in [-0.2, -0.15) is 0 Å². The Hall–Kier alpha value is -2.19. The van der Waals surface area contributed by atoms with Gasteiger partial charge in [-0.25, -0.2) is 0 Å². The van der Waals surface area contributed by atoms with Crippen molar-refractivity contribution in [3.8, 4) is 0 Å². The van der Waals surface area contributed by atoms with Crippen LogP contribution < -0.4 is 16.8 Å². The van der Waals surface area contributed by atoms with Gasteiger partial charge in [-0.3, -0.25) is 19.7 Å². The zero-order valence-electron chi connectivity index (χ0n) is 10.4. The van der Waals surface area contributed by atoms with Crippen LogP contribution in [0.5, 0.6) is 0 Å². The number of hydrogen-bond acceptors (Lipinski definition) is 5. The van der Waals surface area contributed by atoms with E-state index >= 15 is 0 Å². The molecule has 0 bridgehead atoms. The molecule has 1 aromatic rings. The SMILES string of the molecule is Cl.NC(=O)CC(N)C(=O)NCc1ccc([N+](=O)[O-])cc1. The second-order valence-electron chi connectivity index (χ2n) is 3.92. The molecule has 0 radical (unpaired) electrons. The number of nitro benzene ring substituents is 1. The number of nitrogens with one attached hydrogen (secondary N) is 1. The average Bonchev–Trinajstić information content (AvgIpc) is 2.35. The first-order valence-electron chi connectivity index (χ1n) is 5.45. The first-order valence-corrected chi connectivity index (χ1v) is 5.45. The summed E-state index contributed by atoms with van der Waals surface area (Å²) in [6.07, 6.45) is -0.230. The van der Waals surface area contributed by atoms with E-state index in [0.717, 1.165) is 0 Å². The van der Waals surface area contributed by atoms with Crippen molar-refractivity contribution in [2.45, 2.75) is 19.0 Å². The maximum absolute atomic E-state index is 11.5. The predicted octanol–water partition coefficient (Wildman–Crippen LogP) is -0.164. The number of nitrogens with two attached hydrogens (primary N) is 2. The fraction of sp³-hybridized carbons (Fsp3) is 0.273. The molecule has 0 heterocycles.